The van der Waals surface area contributed by atoms with E-state index in [0.717, 1.165) is 36.0 Å². The molecule has 0 saturated carbocycles. The lowest BCUT2D eigenvalue weighted by Crippen LogP contribution is -2.41. The summed E-state index contributed by atoms with van der Waals surface area (Å²) in [5.74, 6) is 2.67. The number of benzene rings is 2. The molecule has 2 N–H and O–H groups in total. The van der Waals surface area contributed by atoms with E-state index >= 15 is 0 Å². The Morgan fingerprint density at radius 1 is 1.23 bits per heavy atom. The lowest BCUT2D eigenvalue weighted by atomic mass is 10.1. The number of halogens is 1. The maximum absolute atomic E-state index is 5.95. The van der Waals surface area contributed by atoms with Crippen LogP contribution in [0, 0.1) is 6.92 Å². The van der Waals surface area contributed by atoms with Crippen LogP contribution in [0.3, 0.4) is 0 Å². The van der Waals surface area contributed by atoms with Gasteiger partial charge in [-0.1, -0.05) is 30.3 Å². The maximum atomic E-state index is 5.95. The molecule has 3 rings (SSSR count). The lowest BCUT2D eigenvalue weighted by molar-refractivity contribution is 0.235. The highest BCUT2D eigenvalue weighted by Gasteiger charge is 2.22. The van der Waals surface area contributed by atoms with Gasteiger partial charge in [0.25, 0.3) is 0 Å². The molecule has 1 atom stereocenters. The van der Waals surface area contributed by atoms with Crippen molar-refractivity contribution >= 4 is 29.9 Å². The molecule has 6 heteroatoms. The van der Waals surface area contributed by atoms with Crippen molar-refractivity contribution in [2.75, 3.05) is 20.7 Å². The highest BCUT2D eigenvalue weighted by molar-refractivity contribution is 14.0. The molecule has 1 heterocycles. The molecule has 2 aromatic rings. The van der Waals surface area contributed by atoms with Gasteiger partial charge in [-0.2, -0.15) is 0 Å². The SMILES string of the molecule is CN=C(NCc1ccc(OC)c(C)c1)NCC1Cc2ccccc2O1.I. The smallest absolute Gasteiger partial charge is 0.191 e. The predicted octanol–water partition coefficient (Wildman–Crippen LogP) is 3.29. The Balaban J connectivity index is 0.00000243. The number of para-hydroxylation sites is 1. The first kappa shape index (κ1) is 20.4. The van der Waals surface area contributed by atoms with Gasteiger partial charge < -0.3 is 20.1 Å². The van der Waals surface area contributed by atoms with Crippen molar-refractivity contribution in [2.24, 2.45) is 4.99 Å². The van der Waals surface area contributed by atoms with Crippen LogP contribution in [0.15, 0.2) is 47.5 Å². The van der Waals surface area contributed by atoms with Crippen molar-refractivity contribution in [3.05, 3.63) is 59.2 Å². The van der Waals surface area contributed by atoms with Gasteiger partial charge in [-0.3, -0.25) is 4.99 Å². The highest BCUT2D eigenvalue weighted by Crippen LogP contribution is 2.27. The van der Waals surface area contributed by atoms with E-state index < -0.39 is 0 Å². The Morgan fingerprint density at radius 3 is 2.73 bits per heavy atom. The normalized spacial score (nSPS) is 15.5. The zero-order valence-electron chi connectivity index (χ0n) is 15.4. The summed E-state index contributed by atoms with van der Waals surface area (Å²) in [4.78, 5) is 4.28. The van der Waals surface area contributed by atoms with Gasteiger partial charge in [0, 0.05) is 20.0 Å². The molecular formula is C20H26IN3O2. The molecule has 0 saturated heterocycles. The predicted molar refractivity (Wildman–Crippen MR) is 116 cm³/mol. The number of hydrogen-bond donors (Lipinski definition) is 2. The Bertz CT molecular complexity index is 739. The van der Waals surface area contributed by atoms with Gasteiger partial charge in [0.1, 0.15) is 17.6 Å². The number of ether oxygens (including phenoxy) is 2. The van der Waals surface area contributed by atoms with Gasteiger partial charge in [0.2, 0.25) is 0 Å². The topological polar surface area (TPSA) is 54.9 Å². The standard InChI is InChI=1S/C20H25N3O2.HI/c1-14-10-15(8-9-18(14)24-3)12-22-20(21-2)23-13-17-11-16-6-4-5-7-19(16)25-17;/h4-10,17H,11-13H2,1-3H3,(H2,21,22,23);1H. The summed E-state index contributed by atoms with van der Waals surface area (Å²) in [5, 5.41) is 6.68. The number of rotatable bonds is 5. The first-order valence-electron chi connectivity index (χ1n) is 8.52. The Labute approximate surface area is 172 Å². The minimum absolute atomic E-state index is 0. The van der Waals surface area contributed by atoms with Crippen LogP contribution >= 0.6 is 24.0 Å². The maximum Gasteiger partial charge on any atom is 0.191 e. The van der Waals surface area contributed by atoms with E-state index in [4.69, 9.17) is 9.47 Å². The summed E-state index contributed by atoms with van der Waals surface area (Å²) in [6, 6.07) is 14.4. The summed E-state index contributed by atoms with van der Waals surface area (Å²) in [6.07, 6.45) is 1.07. The third-order valence-electron chi connectivity index (χ3n) is 4.35. The molecule has 0 aromatic heterocycles. The second-order valence-corrected chi connectivity index (χ2v) is 6.16. The van der Waals surface area contributed by atoms with Crippen molar-refractivity contribution in [3.63, 3.8) is 0 Å². The van der Waals surface area contributed by atoms with E-state index in [1.54, 1.807) is 14.2 Å². The first-order chi connectivity index (χ1) is 12.2. The summed E-state index contributed by atoms with van der Waals surface area (Å²) < 4.78 is 11.2. The third-order valence-corrected chi connectivity index (χ3v) is 4.35. The average molecular weight is 467 g/mol. The number of fused-ring (bicyclic) bond motifs is 1. The Morgan fingerprint density at radius 2 is 2.04 bits per heavy atom. The second kappa shape index (κ2) is 9.66. The number of nitrogens with zero attached hydrogens (tertiary/aromatic N) is 1. The van der Waals surface area contributed by atoms with Crippen LogP contribution in [0.25, 0.3) is 0 Å². The fraction of sp³-hybridized carbons (Fsp3) is 0.350. The molecular weight excluding hydrogens is 441 g/mol. The fourth-order valence-corrected chi connectivity index (χ4v) is 3.04. The summed E-state index contributed by atoms with van der Waals surface area (Å²) in [5.41, 5.74) is 3.58. The van der Waals surface area contributed by atoms with Crippen molar-refractivity contribution in [2.45, 2.75) is 26.0 Å². The first-order valence-corrected chi connectivity index (χ1v) is 8.52. The number of aryl methyl sites for hydroxylation is 1. The molecule has 1 aliphatic heterocycles. The molecule has 0 radical (unpaired) electrons. The van der Waals surface area contributed by atoms with E-state index in [9.17, 15) is 0 Å². The number of hydrogen-bond acceptors (Lipinski definition) is 3. The summed E-state index contributed by atoms with van der Waals surface area (Å²) in [6.45, 7) is 3.47. The molecule has 5 nitrogen and oxygen atoms in total. The number of methoxy groups -OCH3 is 1. The Kier molecular flexibility index (Phi) is 7.56. The largest absolute Gasteiger partial charge is 0.496 e. The van der Waals surface area contributed by atoms with Crippen molar-refractivity contribution in [1.29, 1.82) is 0 Å². The molecule has 140 valence electrons. The van der Waals surface area contributed by atoms with Crippen LogP contribution in [-0.2, 0) is 13.0 Å². The van der Waals surface area contributed by atoms with E-state index in [2.05, 4.69) is 39.9 Å². The van der Waals surface area contributed by atoms with Crippen LogP contribution in [0.2, 0.25) is 0 Å². The van der Waals surface area contributed by atoms with Crippen molar-refractivity contribution in [1.82, 2.24) is 10.6 Å². The molecule has 2 aromatic carbocycles. The fourth-order valence-electron chi connectivity index (χ4n) is 3.04. The van der Waals surface area contributed by atoms with Gasteiger partial charge in [0.05, 0.1) is 13.7 Å². The van der Waals surface area contributed by atoms with Gasteiger partial charge >= 0.3 is 0 Å². The van der Waals surface area contributed by atoms with Crippen LogP contribution < -0.4 is 20.1 Å². The molecule has 0 aliphatic carbocycles. The second-order valence-electron chi connectivity index (χ2n) is 6.16. The van der Waals surface area contributed by atoms with Gasteiger partial charge in [0.15, 0.2) is 5.96 Å². The molecule has 1 unspecified atom stereocenters. The van der Waals surface area contributed by atoms with Crippen LogP contribution in [0.5, 0.6) is 11.5 Å². The third kappa shape index (κ3) is 5.03. The zero-order chi connectivity index (χ0) is 17.6. The summed E-state index contributed by atoms with van der Waals surface area (Å²) >= 11 is 0. The zero-order valence-corrected chi connectivity index (χ0v) is 17.7. The monoisotopic (exact) mass is 467 g/mol. The molecule has 0 spiro atoms. The molecule has 0 fully saturated rings. The highest BCUT2D eigenvalue weighted by atomic mass is 127. The summed E-state index contributed by atoms with van der Waals surface area (Å²) in [7, 11) is 3.47. The van der Waals surface area contributed by atoms with Gasteiger partial charge in [-0.15, -0.1) is 24.0 Å². The number of nitrogens with one attached hydrogen (secondary N) is 2. The van der Waals surface area contributed by atoms with Gasteiger partial charge in [-0.05, 0) is 35.7 Å². The Hall–Kier alpha value is -1.96. The van der Waals surface area contributed by atoms with Crippen LogP contribution in [0.4, 0.5) is 0 Å². The van der Waals surface area contributed by atoms with E-state index in [0.29, 0.717) is 6.54 Å². The van der Waals surface area contributed by atoms with E-state index in [1.807, 2.05) is 25.1 Å². The van der Waals surface area contributed by atoms with Crippen molar-refractivity contribution < 1.29 is 9.47 Å². The lowest BCUT2D eigenvalue weighted by Gasteiger charge is -2.16. The van der Waals surface area contributed by atoms with Crippen molar-refractivity contribution in [3.8, 4) is 11.5 Å². The minimum Gasteiger partial charge on any atom is -0.496 e. The average Bonchev–Trinajstić information content (AvgIpc) is 3.05. The van der Waals surface area contributed by atoms with E-state index in [1.165, 1.54) is 11.1 Å². The molecule has 0 amide bonds. The van der Waals surface area contributed by atoms with Gasteiger partial charge in [-0.25, -0.2) is 0 Å². The number of guanidine groups is 1. The minimum atomic E-state index is 0. The molecule has 0 bridgehead atoms. The van der Waals surface area contributed by atoms with E-state index in [-0.39, 0.29) is 30.1 Å². The quantitative estimate of drug-likeness (QED) is 0.403. The van der Waals surface area contributed by atoms with Crippen LogP contribution in [0.1, 0.15) is 16.7 Å². The molecule has 26 heavy (non-hydrogen) atoms. The van der Waals surface area contributed by atoms with Crippen LogP contribution in [-0.4, -0.2) is 32.8 Å². The number of aliphatic imine (C=N–C) groups is 1. The molecule has 1 aliphatic rings.